The molecule has 0 aliphatic carbocycles. The summed E-state index contributed by atoms with van der Waals surface area (Å²) in [6.07, 6.45) is 3.07. The second kappa shape index (κ2) is 9.33. The minimum atomic E-state index is -0.348. The minimum Gasteiger partial charge on any atom is -0.462 e. The van der Waals surface area contributed by atoms with Gasteiger partial charge in [0.2, 0.25) is 0 Å². The number of allylic oxidation sites excluding steroid dienone is 1. The standard InChI is InChI=1S/C24H21NO3/c1-2-28-24(27)21-12-14-22(15-13-21)25-17-16-23(26)20-10-8-19(9-11-20)18-6-4-3-5-7-18/h3-17,25H,2H2,1H3. The molecule has 0 aliphatic heterocycles. The minimum absolute atomic E-state index is 0.0877. The number of ether oxygens (including phenoxy) is 1. The summed E-state index contributed by atoms with van der Waals surface area (Å²) < 4.78 is 4.95. The van der Waals surface area contributed by atoms with Crippen molar-refractivity contribution < 1.29 is 14.3 Å². The van der Waals surface area contributed by atoms with E-state index in [1.54, 1.807) is 37.4 Å². The van der Waals surface area contributed by atoms with Crippen LogP contribution in [0.15, 0.2) is 91.1 Å². The monoisotopic (exact) mass is 371 g/mol. The number of rotatable bonds is 7. The molecule has 0 radical (unpaired) electrons. The van der Waals surface area contributed by atoms with Gasteiger partial charge >= 0.3 is 5.97 Å². The lowest BCUT2D eigenvalue weighted by Gasteiger charge is -2.04. The lowest BCUT2D eigenvalue weighted by molar-refractivity contribution is 0.0526. The number of nitrogens with one attached hydrogen (secondary N) is 1. The summed E-state index contributed by atoms with van der Waals surface area (Å²) in [7, 11) is 0. The Morgan fingerprint density at radius 3 is 2.07 bits per heavy atom. The number of carbonyl (C=O) groups is 2. The fraction of sp³-hybridized carbons (Fsp3) is 0.0833. The summed E-state index contributed by atoms with van der Waals surface area (Å²) in [6.45, 7) is 2.11. The Kier molecular flexibility index (Phi) is 6.37. The van der Waals surface area contributed by atoms with E-state index in [1.807, 2.05) is 54.6 Å². The van der Waals surface area contributed by atoms with E-state index in [-0.39, 0.29) is 11.8 Å². The molecule has 3 rings (SSSR count). The molecule has 0 atom stereocenters. The van der Waals surface area contributed by atoms with Gasteiger partial charge in [0, 0.05) is 23.5 Å². The van der Waals surface area contributed by atoms with Crippen molar-refractivity contribution in [2.75, 3.05) is 11.9 Å². The molecule has 0 spiro atoms. The second-order valence-corrected chi connectivity index (χ2v) is 6.08. The molecule has 0 saturated carbocycles. The maximum Gasteiger partial charge on any atom is 0.338 e. The zero-order chi connectivity index (χ0) is 19.8. The van der Waals surface area contributed by atoms with Crippen LogP contribution < -0.4 is 5.32 Å². The molecule has 0 aromatic heterocycles. The third kappa shape index (κ3) is 4.95. The van der Waals surface area contributed by atoms with Crippen molar-refractivity contribution in [2.45, 2.75) is 6.92 Å². The maximum atomic E-state index is 12.3. The van der Waals surface area contributed by atoms with E-state index in [2.05, 4.69) is 5.32 Å². The van der Waals surface area contributed by atoms with Crippen LogP contribution in [0.3, 0.4) is 0 Å². The van der Waals surface area contributed by atoms with Crippen molar-refractivity contribution >= 4 is 17.4 Å². The first-order valence-corrected chi connectivity index (χ1v) is 9.07. The van der Waals surface area contributed by atoms with Crippen molar-refractivity contribution in [3.63, 3.8) is 0 Å². The molecule has 4 heteroatoms. The number of carbonyl (C=O) groups excluding carboxylic acids is 2. The second-order valence-electron chi connectivity index (χ2n) is 6.08. The molecule has 0 unspecified atom stereocenters. The quantitative estimate of drug-likeness (QED) is 0.346. The van der Waals surface area contributed by atoms with Gasteiger partial charge in [-0.1, -0.05) is 54.6 Å². The lowest BCUT2D eigenvalue weighted by Crippen LogP contribution is -2.04. The van der Waals surface area contributed by atoms with E-state index in [4.69, 9.17) is 4.74 Å². The predicted octanol–water partition coefficient (Wildman–Crippen LogP) is 5.34. The van der Waals surface area contributed by atoms with Crippen LogP contribution in [0.4, 0.5) is 5.69 Å². The number of hydrogen-bond acceptors (Lipinski definition) is 4. The Labute approximate surface area is 164 Å². The highest BCUT2D eigenvalue weighted by Gasteiger charge is 2.05. The van der Waals surface area contributed by atoms with Crippen LogP contribution in [0.5, 0.6) is 0 Å². The Morgan fingerprint density at radius 1 is 0.821 bits per heavy atom. The van der Waals surface area contributed by atoms with Crippen LogP contribution in [0.2, 0.25) is 0 Å². The van der Waals surface area contributed by atoms with E-state index < -0.39 is 0 Å². The lowest BCUT2D eigenvalue weighted by atomic mass is 10.0. The summed E-state index contributed by atoms with van der Waals surface area (Å²) in [4.78, 5) is 23.9. The smallest absolute Gasteiger partial charge is 0.338 e. The van der Waals surface area contributed by atoms with Crippen LogP contribution >= 0.6 is 0 Å². The van der Waals surface area contributed by atoms with Gasteiger partial charge < -0.3 is 10.1 Å². The van der Waals surface area contributed by atoms with Gasteiger partial charge in [-0.2, -0.15) is 0 Å². The Morgan fingerprint density at radius 2 is 1.43 bits per heavy atom. The molecule has 3 aromatic rings. The van der Waals surface area contributed by atoms with Crippen LogP contribution in [0.25, 0.3) is 11.1 Å². The topological polar surface area (TPSA) is 55.4 Å². The molecule has 0 aliphatic rings. The number of benzene rings is 3. The third-order valence-electron chi connectivity index (χ3n) is 4.16. The van der Waals surface area contributed by atoms with Crippen LogP contribution in [0.1, 0.15) is 27.6 Å². The third-order valence-corrected chi connectivity index (χ3v) is 4.16. The average Bonchev–Trinajstić information content (AvgIpc) is 2.75. The van der Waals surface area contributed by atoms with Crippen molar-refractivity contribution in [3.05, 3.63) is 102 Å². The molecule has 1 N–H and O–H groups in total. The predicted molar refractivity (Wildman–Crippen MR) is 111 cm³/mol. The van der Waals surface area contributed by atoms with Crippen molar-refractivity contribution in [1.82, 2.24) is 0 Å². The highest BCUT2D eigenvalue weighted by molar-refractivity contribution is 6.04. The molecule has 0 heterocycles. The maximum absolute atomic E-state index is 12.3. The van der Waals surface area contributed by atoms with E-state index in [0.29, 0.717) is 17.7 Å². The van der Waals surface area contributed by atoms with Gasteiger partial charge in [-0.05, 0) is 42.3 Å². The normalized spacial score (nSPS) is 10.6. The molecule has 4 nitrogen and oxygen atoms in total. The zero-order valence-corrected chi connectivity index (χ0v) is 15.6. The van der Waals surface area contributed by atoms with E-state index >= 15 is 0 Å². The Bertz CT molecular complexity index is 959. The summed E-state index contributed by atoms with van der Waals surface area (Å²) in [6, 6.07) is 24.4. The number of anilines is 1. The molecular weight excluding hydrogens is 350 g/mol. The summed E-state index contributed by atoms with van der Waals surface area (Å²) in [5.74, 6) is -0.436. The van der Waals surface area contributed by atoms with E-state index in [0.717, 1.165) is 16.8 Å². The van der Waals surface area contributed by atoms with Crippen molar-refractivity contribution in [3.8, 4) is 11.1 Å². The summed E-state index contributed by atoms with van der Waals surface area (Å²) in [5, 5.41) is 3.03. The van der Waals surface area contributed by atoms with Gasteiger partial charge in [-0.15, -0.1) is 0 Å². The largest absolute Gasteiger partial charge is 0.462 e. The summed E-state index contributed by atoms with van der Waals surface area (Å²) >= 11 is 0. The highest BCUT2D eigenvalue weighted by Crippen LogP contribution is 2.19. The van der Waals surface area contributed by atoms with Crippen LogP contribution in [-0.2, 0) is 4.74 Å². The molecule has 0 saturated heterocycles. The molecule has 0 bridgehead atoms. The van der Waals surface area contributed by atoms with Crippen LogP contribution in [-0.4, -0.2) is 18.4 Å². The molecule has 3 aromatic carbocycles. The molecule has 0 fully saturated rings. The van der Waals surface area contributed by atoms with Gasteiger partial charge in [0.15, 0.2) is 5.78 Å². The average molecular weight is 371 g/mol. The fourth-order valence-corrected chi connectivity index (χ4v) is 2.68. The first kappa shape index (κ1) is 19.1. The van der Waals surface area contributed by atoms with Gasteiger partial charge in [0.1, 0.15) is 0 Å². The molecular formula is C24H21NO3. The van der Waals surface area contributed by atoms with E-state index in [9.17, 15) is 9.59 Å². The zero-order valence-electron chi connectivity index (χ0n) is 15.6. The SMILES string of the molecule is CCOC(=O)c1ccc(NC=CC(=O)c2ccc(-c3ccccc3)cc2)cc1. The first-order chi connectivity index (χ1) is 13.7. The number of ketones is 1. The highest BCUT2D eigenvalue weighted by atomic mass is 16.5. The summed E-state index contributed by atoms with van der Waals surface area (Å²) in [5.41, 5.74) is 4.07. The van der Waals surface area contributed by atoms with Gasteiger partial charge in [-0.3, -0.25) is 4.79 Å². The number of hydrogen-bond donors (Lipinski definition) is 1. The van der Waals surface area contributed by atoms with Crippen molar-refractivity contribution in [1.29, 1.82) is 0 Å². The Balaban J connectivity index is 1.58. The van der Waals surface area contributed by atoms with Gasteiger partial charge in [0.25, 0.3) is 0 Å². The fourth-order valence-electron chi connectivity index (χ4n) is 2.68. The molecule has 140 valence electrons. The van der Waals surface area contributed by atoms with E-state index in [1.165, 1.54) is 6.08 Å². The number of esters is 1. The molecule has 0 amide bonds. The van der Waals surface area contributed by atoms with Crippen LogP contribution in [0, 0.1) is 0 Å². The van der Waals surface area contributed by atoms with Gasteiger partial charge in [0.05, 0.1) is 12.2 Å². The first-order valence-electron chi connectivity index (χ1n) is 9.07. The Hall–Kier alpha value is -3.66. The molecule has 28 heavy (non-hydrogen) atoms. The van der Waals surface area contributed by atoms with Gasteiger partial charge in [-0.25, -0.2) is 4.79 Å². The van der Waals surface area contributed by atoms with Crippen molar-refractivity contribution in [2.24, 2.45) is 0 Å².